The van der Waals surface area contributed by atoms with Crippen molar-refractivity contribution >= 4 is 23.1 Å². The highest BCUT2D eigenvalue weighted by atomic mass is 35.5. The second-order valence-electron chi connectivity index (χ2n) is 3.58. The van der Waals surface area contributed by atoms with E-state index < -0.39 is 0 Å². The summed E-state index contributed by atoms with van der Waals surface area (Å²) >= 11 is 5.65. The summed E-state index contributed by atoms with van der Waals surface area (Å²) in [7, 11) is 0. The van der Waals surface area contributed by atoms with Crippen LogP contribution in [0.15, 0.2) is 36.5 Å². The number of aromatic nitrogens is 2. The average molecular weight is 258 g/mol. The lowest BCUT2D eigenvalue weighted by Gasteiger charge is -2.01. The van der Waals surface area contributed by atoms with E-state index in [1.54, 1.807) is 30.3 Å². The van der Waals surface area contributed by atoms with Gasteiger partial charge < -0.3 is 0 Å². The second-order valence-corrected chi connectivity index (χ2v) is 3.92. The number of benzene rings is 1. The molecule has 0 fully saturated rings. The van der Waals surface area contributed by atoms with Crippen LogP contribution in [0.5, 0.6) is 0 Å². The number of ketones is 1. The normalized spacial score (nSPS) is 9.78. The lowest BCUT2D eigenvalue weighted by atomic mass is 10.1. The van der Waals surface area contributed by atoms with Gasteiger partial charge >= 0.3 is 0 Å². The Morgan fingerprint density at radius 2 is 2.22 bits per heavy atom. The van der Waals surface area contributed by atoms with Crippen LogP contribution in [0.1, 0.15) is 16.1 Å². The summed E-state index contributed by atoms with van der Waals surface area (Å²) in [6.45, 7) is 6.91. The van der Waals surface area contributed by atoms with Gasteiger partial charge in [-0.1, -0.05) is 18.2 Å². The molecule has 0 N–H and O–H groups in total. The third kappa shape index (κ3) is 2.90. The Bertz CT molecular complexity index is 634. The van der Waals surface area contributed by atoms with Crippen molar-refractivity contribution in [3.8, 4) is 0 Å². The molecule has 0 atom stereocenters. The molecule has 5 heteroatoms. The molecular weight excluding hydrogens is 250 g/mol. The van der Waals surface area contributed by atoms with Gasteiger partial charge in [-0.15, -0.1) is 0 Å². The van der Waals surface area contributed by atoms with E-state index in [1.807, 2.05) is 0 Å². The number of nitrogens with zero attached hydrogens (tertiary/aromatic N) is 3. The molecule has 88 valence electrons. The predicted octanol–water partition coefficient (Wildman–Crippen LogP) is 3.11. The molecule has 18 heavy (non-hydrogen) atoms. The van der Waals surface area contributed by atoms with Gasteiger partial charge in [0.25, 0.3) is 0 Å². The first-order valence-electron chi connectivity index (χ1n) is 5.17. The zero-order chi connectivity index (χ0) is 13.0. The molecule has 1 aromatic carbocycles. The molecule has 0 spiro atoms. The van der Waals surface area contributed by atoms with Gasteiger partial charge in [-0.25, -0.2) is 14.8 Å². The van der Waals surface area contributed by atoms with Gasteiger partial charge in [0.15, 0.2) is 11.5 Å². The maximum absolute atomic E-state index is 12.0. The van der Waals surface area contributed by atoms with Crippen LogP contribution in [0, 0.1) is 6.57 Å². The van der Waals surface area contributed by atoms with E-state index in [0.29, 0.717) is 16.9 Å². The molecule has 2 rings (SSSR count). The van der Waals surface area contributed by atoms with E-state index >= 15 is 0 Å². The molecule has 4 nitrogen and oxygen atoms in total. The fourth-order valence-electron chi connectivity index (χ4n) is 1.48. The lowest BCUT2D eigenvalue weighted by molar-refractivity contribution is 0.0992. The van der Waals surface area contributed by atoms with Crippen LogP contribution >= 0.6 is 11.6 Å². The van der Waals surface area contributed by atoms with Crippen LogP contribution < -0.4 is 0 Å². The maximum Gasteiger partial charge on any atom is 0.222 e. The summed E-state index contributed by atoms with van der Waals surface area (Å²) in [5.74, 6) is -0.102. The minimum atomic E-state index is -0.102. The number of carbonyl (C=O) groups is 1. The number of halogens is 1. The van der Waals surface area contributed by atoms with Crippen LogP contribution in [0.4, 0.5) is 5.69 Å². The molecule has 2 aromatic rings. The summed E-state index contributed by atoms with van der Waals surface area (Å²) in [6.07, 6.45) is 1.65. The van der Waals surface area contributed by atoms with Crippen molar-refractivity contribution in [3.05, 3.63) is 64.5 Å². The van der Waals surface area contributed by atoms with Gasteiger partial charge in [0, 0.05) is 11.8 Å². The van der Waals surface area contributed by atoms with Crippen molar-refractivity contribution in [2.45, 2.75) is 6.42 Å². The van der Waals surface area contributed by atoms with E-state index in [2.05, 4.69) is 14.8 Å². The molecule has 0 aliphatic rings. The third-order valence-electron chi connectivity index (χ3n) is 2.32. The number of hydrogen-bond acceptors (Lipinski definition) is 3. The first kappa shape index (κ1) is 12.2. The quantitative estimate of drug-likeness (QED) is 0.482. The summed E-state index contributed by atoms with van der Waals surface area (Å²) in [6, 6.07) is 8.24. The largest absolute Gasteiger partial charge is 0.294 e. The van der Waals surface area contributed by atoms with Crippen LogP contribution in [0.3, 0.4) is 0 Å². The Morgan fingerprint density at radius 1 is 1.39 bits per heavy atom. The smallest absolute Gasteiger partial charge is 0.222 e. The van der Waals surface area contributed by atoms with Crippen molar-refractivity contribution in [1.82, 2.24) is 9.97 Å². The molecular formula is C13H8ClN3O. The first-order valence-corrected chi connectivity index (χ1v) is 5.55. The average Bonchev–Trinajstić information content (AvgIpc) is 2.39. The molecule has 0 unspecified atom stereocenters. The first-order chi connectivity index (χ1) is 8.69. The second kappa shape index (κ2) is 5.39. The molecule has 0 saturated carbocycles. The minimum absolute atomic E-state index is 0.102. The highest BCUT2D eigenvalue weighted by Crippen LogP contribution is 2.15. The summed E-state index contributed by atoms with van der Waals surface area (Å²) in [4.78, 5) is 23.0. The molecule has 0 bridgehead atoms. The monoisotopic (exact) mass is 257 g/mol. The van der Waals surface area contributed by atoms with Crippen LogP contribution in [-0.4, -0.2) is 15.8 Å². The molecule has 0 radical (unpaired) electrons. The Morgan fingerprint density at radius 3 is 2.94 bits per heavy atom. The molecule has 1 aromatic heterocycles. The van der Waals surface area contributed by atoms with E-state index in [-0.39, 0.29) is 17.5 Å². The molecule has 0 saturated heterocycles. The molecule has 0 amide bonds. The number of rotatable bonds is 3. The Balaban J connectivity index is 2.20. The fourth-order valence-corrected chi connectivity index (χ4v) is 1.65. The van der Waals surface area contributed by atoms with Gasteiger partial charge in [0.1, 0.15) is 0 Å². The number of carbonyl (C=O) groups excluding carboxylic acids is 1. The van der Waals surface area contributed by atoms with Crippen molar-refractivity contribution in [2.75, 3.05) is 0 Å². The Hall–Kier alpha value is -2.25. The highest BCUT2D eigenvalue weighted by molar-refractivity contribution is 6.28. The summed E-state index contributed by atoms with van der Waals surface area (Å²) < 4.78 is 0. The van der Waals surface area contributed by atoms with Crippen molar-refractivity contribution in [2.24, 2.45) is 0 Å². The number of hydrogen-bond donors (Lipinski definition) is 0. The zero-order valence-electron chi connectivity index (χ0n) is 9.30. The molecule has 0 aliphatic carbocycles. The van der Waals surface area contributed by atoms with E-state index in [4.69, 9.17) is 18.2 Å². The van der Waals surface area contributed by atoms with Crippen molar-refractivity contribution < 1.29 is 4.79 Å². The topological polar surface area (TPSA) is 47.2 Å². The van der Waals surface area contributed by atoms with E-state index in [0.717, 1.165) is 0 Å². The standard InChI is InChI=1S/C13H8ClN3O/c1-15-10-4-2-3-9(7-10)12(18)8-11-5-6-16-13(14)17-11/h2-7H,8H2. The zero-order valence-corrected chi connectivity index (χ0v) is 10.1. The van der Waals surface area contributed by atoms with Crippen LogP contribution in [0.2, 0.25) is 5.28 Å². The van der Waals surface area contributed by atoms with Gasteiger partial charge in [0.05, 0.1) is 18.7 Å². The van der Waals surface area contributed by atoms with Crippen molar-refractivity contribution in [1.29, 1.82) is 0 Å². The highest BCUT2D eigenvalue weighted by Gasteiger charge is 2.09. The SMILES string of the molecule is [C-]#[N+]c1cccc(C(=O)Cc2ccnc(Cl)n2)c1. The fraction of sp³-hybridized carbons (Fsp3) is 0.0769. The van der Waals surface area contributed by atoms with Gasteiger partial charge in [-0.3, -0.25) is 4.79 Å². The van der Waals surface area contributed by atoms with Gasteiger partial charge in [-0.05, 0) is 23.7 Å². The minimum Gasteiger partial charge on any atom is -0.294 e. The van der Waals surface area contributed by atoms with Crippen LogP contribution in [0.25, 0.3) is 4.85 Å². The lowest BCUT2D eigenvalue weighted by Crippen LogP contribution is -2.05. The maximum atomic E-state index is 12.0. The van der Waals surface area contributed by atoms with Gasteiger partial charge in [-0.2, -0.15) is 0 Å². The third-order valence-corrected chi connectivity index (χ3v) is 2.50. The van der Waals surface area contributed by atoms with Gasteiger partial charge in [0.2, 0.25) is 5.28 Å². The summed E-state index contributed by atoms with van der Waals surface area (Å²) in [5.41, 5.74) is 1.51. The summed E-state index contributed by atoms with van der Waals surface area (Å²) in [5, 5.41) is 0.121. The van der Waals surface area contributed by atoms with Crippen molar-refractivity contribution in [3.63, 3.8) is 0 Å². The molecule has 0 aliphatic heterocycles. The Kier molecular flexibility index (Phi) is 3.66. The van der Waals surface area contributed by atoms with E-state index in [1.165, 1.54) is 6.20 Å². The molecule has 1 heterocycles. The number of Topliss-reactive ketones (excluding diaryl/α,β-unsaturated/α-hetero) is 1. The Labute approximate surface area is 109 Å². The predicted molar refractivity (Wildman–Crippen MR) is 67.8 cm³/mol. The van der Waals surface area contributed by atoms with E-state index in [9.17, 15) is 4.79 Å². The van der Waals surface area contributed by atoms with Crippen LogP contribution in [-0.2, 0) is 6.42 Å².